The smallest absolute Gasteiger partial charge is 0.411 e. The molecule has 2 aliphatic rings. The Hall–Kier alpha value is -2.82. The van der Waals surface area contributed by atoms with E-state index in [1.807, 2.05) is 45.9 Å². The van der Waals surface area contributed by atoms with Crippen LogP contribution in [-0.4, -0.2) is 75.3 Å². The molecule has 38 heavy (non-hydrogen) atoms. The van der Waals surface area contributed by atoms with E-state index in [0.717, 1.165) is 28.6 Å². The molecule has 2 heterocycles. The third-order valence-corrected chi connectivity index (χ3v) is 6.29. The monoisotopic (exact) mass is 597 g/mol. The van der Waals surface area contributed by atoms with Crippen LogP contribution in [0.3, 0.4) is 0 Å². The minimum absolute atomic E-state index is 0.168. The molecule has 0 bridgehead atoms. The van der Waals surface area contributed by atoms with Gasteiger partial charge in [0.25, 0.3) is 0 Å². The molecule has 2 unspecified atom stereocenters. The Bertz CT molecular complexity index is 1030. The summed E-state index contributed by atoms with van der Waals surface area (Å²) in [5.41, 5.74) is 0.579. The number of hydrogen-bond donors (Lipinski definition) is 2. The fourth-order valence-corrected chi connectivity index (χ4v) is 4.60. The summed E-state index contributed by atoms with van der Waals surface area (Å²) >= 11 is 3.40. The Labute approximate surface area is 233 Å². The molecular formula is C27H40BrN3O7. The molecule has 0 aromatic heterocycles. The Morgan fingerprint density at radius 2 is 1.37 bits per heavy atom. The van der Waals surface area contributed by atoms with Crippen molar-refractivity contribution in [3.8, 4) is 0 Å². The molecule has 2 N–H and O–H groups in total. The molecule has 2 fully saturated rings. The van der Waals surface area contributed by atoms with Gasteiger partial charge in [-0.1, -0.05) is 15.9 Å². The molecule has 2 aliphatic heterocycles. The van der Waals surface area contributed by atoms with Crippen molar-refractivity contribution in [3.63, 3.8) is 0 Å². The van der Waals surface area contributed by atoms with Crippen LogP contribution < -0.4 is 5.32 Å². The molecule has 2 saturated heterocycles. The summed E-state index contributed by atoms with van der Waals surface area (Å²) in [4.78, 5) is 50.1. The number of rotatable bonds is 3. The van der Waals surface area contributed by atoms with E-state index < -0.39 is 41.4 Å². The summed E-state index contributed by atoms with van der Waals surface area (Å²) in [7, 11) is 0. The molecule has 3 amide bonds. The van der Waals surface area contributed by atoms with E-state index in [2.05, 4.69) is 21.2 Å². The Morgan fingerprint density at radius 1 is 0.895 bits per heavy atom. The molecule has 1 aromatic carbocycles. The number of carbonyl (C=O) groups excluding carboxylic acids is 3. The first-order chi connectivity index (χ1) is 17.5. The summed E-state index contributed by atoms with van der Waals surface area (Å²) in [6.45, 7) is 13.7. The number of nitrogens with zero attached hydrogens (tertiary/aromatic N) is 2. The van der Waals surface area contributed by atoms with Gasteiger partial charge in [0.1, 0.15) is 23.3 Å². The van der Waals surface area contributed by atoms with Gasteiger partial charge in [0, 0.05) is 23.2 Å². The number of carbonyl (C=O) groups is 4. The number of nitrogens with one attached hydrogen (secondary N) is 1. The first-order valence-corrected chi connectivity index (χ1v) is 13.6. The molecular weight excluding hydrogens is 558 g/mol. The fourth-order valence-electron chi connectivity index (χ4n) is 4.12. The second kappa shape index (κ2) is 12.8. The number of anilines is 1. The van der Waals surface area contributed by atoms with E-state index in [-0.39, 0.29) is 5.91 Å². The number of aryl methyl sites for hydroxylation is 1. The lowest BCUT2D eigenvalue weighted by molar-refractivity contribution is -0.142. The van der Waals surface area contributed by atoms with Gasteiger partial charge in [-0.2, -0.15) is 0 Å². The van der Waals surface area contributed by atoms with Crippen LogP contribution in [0.4, 0.5) is 15.3 Å². The van der Waals surface area contributed by atoms with Gasteiger partial charge < -0.3 is 19.9 Å². The molecule has 0 radical (unpaired) electrons. The minimum atomic E-state index is -0.960. The predicted molar refractivity (Wildman–Crippen MR) is 147 cm³/mol. The van der Waals surface area contributed by atoms with Gasteiger partial charge >= 0.3 is 18.2 Å². The van der Waals surface area contributed by atoms with Crippen molar-refractivity contribution in [1.82, 2.24) is 9.80 Å². The Morgan fingerprint density at radius 3 is 1.82 bits per heavy atom. The number of likely N-dealkylation sites (tertiary alicyclic amines) is 2. The lowest BCUT2D eigenvalue weighted by atomic mass is 10.1. The average Bonchev–Trinajstić information content (AvgIpc) is 3.44. The summed E-state index contributed by atoms with van der Waals surface area (Å²) in [5, 5.41) is 11.8. The highest BCUT2D eigenvalue weighted by atomic mass is 79.9. The Balaban J connectivity index is 0.000000293. The highest BCUT2D eigenvalue weighted by molar-refractivity contribution is 9.10. The first-order valence-electron chi connectivity index (χ1n) is 12.8. The normalized spacial score (nSPS) is 19.4. The van der Waals surface area contributed by atoms with Crippen LogP contribution in [0.15, 0.2) is 22.7 Å². The maximum absolute atomic E-state index is 12.6. The molecule has 212 valence electrons. The SMILES string of the molecule is CC(C)(C)OC(=O)N1CCCC1C(=O)O.Cc1cc(Br)ccc1NC(=O)C1CCCN1C(=O)OC(C)(C)C. The molecule has 1 aromatic rings. The van der Waals surface area contributed by atoms with Gasteiger partial charge in [-0.3, -0.25) is 14.6 Å². The van der Waals surface area contributed by atoms with Crippen molar-refractivity contribution in [3.05, 3.63) is 28.2 Å². The Kier molecular flexibility index (Phi) is 10.6. The molecule has 0 aliphatic carbocycles. The first kappa shape index (κ1) is 31.4. The van der Waals surface area contributed by atoms with Crippen LogP contribution in [0.1, 0.15) is 72.8 Å². The molecule has 2 atom stereocenters. The maximum Gasteiger partial charge on any atom is 0.411 e. The van der Waals surface area contributed by atoms with E-state index in [1.54, 1.807) is 20.8 Å². The third kappa shape index (κ3) is 9.49. The largest absolute Gasteiger partial charge is 0.480 e. The van der Waals surface area contributed by atoms with Gasteiger partial charge in [0.15, 0.2) is 0 Å². The van der Waals surface area contributed by atoms with Crippen LogP contribution in [0.2, 0.25) is 0 Å². The summed E-state index contributed by atoms with van der Waals surface area (Å²) in [6, 6.07) is 4.47. The fraction of sp³-hybridized carbons (Fsp3) is 0.630. The van der Waals surface area contributed by atoms with Gasteiger partial charge in [-0.25, -0.2) is 14.4 Å². The van der Waals surface area contributed by atoms with Crippen molar-refractivity contribution in [2.75, 3.05) is 18.4 Å². The number of halogens is 1. The number of amides is 3. The van der Waals surface area contributed by atoms with E-state index in [1.165, 1.54) is 9.80 Å². The third-order valence-electron chi connectivity index (χ3n) is 5.80. The standard InChI is InChI=1S/C17H23BrN2O3.C10H17NO4/c1-11-10-12(18)7-8-13(11)19-15(21)14-6-5-9-20(14)16(22)23-17(2,3)4;1-10(2,3)15-9(14)11-6-4-5-7(11)8(12)13/h7-8,10,14H,5-6,9H2,1-4H3,(H,19,21);7H,4-6H2,1-3H3,(H,12,13). The van der Waals surface area contributed by atoms with E-state index in [0.29, 0.717) is 25.9 Å². The maximum atomic E-state index is 12.6. The number of ether oxygens (including phenoxy) is 2. The zero-order chi connectivity index (χ0) is 28.8. The summed E-state index contributed by atoms with van der Waals surface area (Å²) in [6.07, 6.45) is 1.72. The van der Waals surface area contributed by atoms with Crippen molar-refractivity contribution >= 4 is 45.7 Å². The van der Waals surface area contributed by atoms with E-state index >= 15 is 0 Å². The van der Waals surface area contributed by atoms with Crippen LogP contribution in [0.5, 0.6) is 0 Å². The second-order valence-electron chi connectivity index (χ2n) is 11.5. The summed E-state index contributed by atoms with van der Waals surface area (Å²) < 4.78 is 11.5. The quantitative estimate of drug-likeness (QED) is 0.466. The van der Waals surface area contributed by atoms with Crippen molar-refractivity contribution in [2.45, 2.75) is 97.4 Å². The van der Waals surface area contributed by atoms with Crippen molar-refractivity contribution in [1.29, 1.82) is 0 Å². The second-order valence-corrected chi connectivity index (χ2v) is 12.4. The topological polar surface area (TPSA) is 125 Å². The zero-order valence-corrected chi connectivity index (χ0v) is 24.9. The lowest BCUT2D eigenvalue weighted by Gasteiger charge is -2.28. The number of carboxylic acid groups (broad SMARTS) is 1. The number of hydrogen-bond acceptors (Lipinski definition) is 6. The summed E-state index contributed by atoms with van der Waals surface area (Å²) in [5.74, 6) is -1.13. The number of benzene rings is 1. The zero-order valence-electron chi connectivity index (χ0n) is 23.3. The highest BCUT2D eigenvalue weighted by Gasteiger charge is 2.37. The lowest BCUT2D eigenvalue weighted by Crippen LogP contribution is -2.45. The van der Waals surface area contributed by atoms with Crippen molar-refractivity contribution < 1.29 is 33.8 Å². The van der Waals surface area contributed by atoms with Crippen LogP contribution in [0.25, 0.3) is 0 Å². The van der Waals surface area contributed by atoms with E-state index in [4.69, 9.17) is 14.6 Å². The minimum Gasteiger partial charge on any atom is -0.480 e. The predicted octanol–water partition coefficient (Wildman–Crippen LogP) is 5.57. The van der Waals surface area contributed by atoms with Crippen LogP contribution >= 0.6 is 15.9 Å². The van der Waals surface area contributed by atoms with Gasteiger partial charge in [-0.15, -0.1) is 0 Å². The van der Waals surface area contributed by atoms with E-state index in [9.17, 15) is 19.2 Å². The molecule has 0 spiro atoms. The molecule has 11 heteroatoms. The van der Waals surface area contributed by atoms with Crippen LogP contribution in [-0.2, 0) is 19.1 Å². The van der Waals surface area contributed by atoms with Gasteiger partial charge in [0.05, 0.1) is 0 Å². The van der Waals surface area contributed by atoms with Gasteiger partial charge in [0.2, 0.25) is 5.91 Å². The average molecular weight is 599 g/mol. The number of aliphatic carboxylic acids is 1. The molecule has 3 rings (SSSR count). The van der Waals surface area contributed by atoms with Crippen LogP contribution in [0, 0.1) is 6.92 Å². The number of carboxylic acids is 1. The van der Waals surface area contributed by atoms with Gasteiger partial charge in [-0.05, 0) is 97.9 Å². The highest BCUT2D eigenvalue weighted by Crippen LogP contribution is 2.25. The molecule has 0 saturated carbocycles. The van der Waals surface area contributed by atoms with Crippen molar-refractivity contribution in [2.24, 2.45) is 0 Å². The molecule has 10 nitrogen and oxygen atoms in total.